The van der Waals surface area contributed by atoms with Gasteiger partial charge in [0.2, 0.25) is 0 Å². The Morgan fingerprint density at radius 2 is 1.94 bits per heavy atom. The molecule has 1 aliphatic carbocycles. The number of anilines is 1. The monoisotopic (exact) mass is 479 g/mol. The maximum Gasteiger partial charge on any atom is 0.189 e. The van der Waals surface area contributed by atoms with Crippen molar-refractivity contribution in [3.63, 3.8) is 0 Å². The molecule has 0 bridgehead atoms. The topological polar surface area (TPSA) is 136 Å². The second kappa shape index (κ2) is 9.15. The summed E-state index contributed by atoms with van der Waals surface area (Å²) in [5.41, 5.74) is 11.1. The second-order valence-electron chi connectivity index (χ2n) is 9.33. The molecular formula is C27H25N7O2. The lowest BCUT2D eigenvalue weighted by atomic mass is 10.0. The van der Waals surface area contributed by atoms with Crippen LogP contribution in [-0.2, 0) is 16.7 Å². The van der Waals surface area contributed by atoms with Crippen molar-refractivity contribution in [2.24, 2.45) is 0 Å². The molecule has 3 aromatic heterocycles. The first-order valence-electron chi connectivity index (χ1n) is 12.0. The molecule has 1 aromatic carbocycles. The Hall–Kier alpha value is -4.13. The van der Waals surface area contributed by atoms with Crippen LogP contribution < -0.4 is 11.1 Å². The Labute approximate surface area is 208 Å². The van der Waals surface area contributed by atoms with Crippen LogP contribution in [0.2, 0.25) is 0 Å². The summed E-state index contributed by atoms with van der Waals surface area (Å²) in [7, 11) is 0. The lowest BCUT2D eigenvalue weighted by Crippen LogP contribution is -2.28. The van der Waals surface area contributed by atoms with Crippen LogP contribution in [0.1, 0.15) is 30.5 Å². The van der Waals surface area contributed by atoms with E-state index in [4.69, 9.17) is 20.0 Å². The summed E-state index contributed by atoms with van der Waals surface area (Å²) < 4.78 is 11.0. The zero-order valence-electron chi connectivity index (χ0n) is 19.6. The molecule has 0 amide bonds. The third-order valence-electron chi connectivity index (χ3n) is 6.83. The molecule has 1 aliphatic heterocycles. The molecule has 0 radical (unpaired) electrons. The van der Waals surface area contributed by atoms with Crippen molar-refractivity contribution >= 4 is 5.82 Å². The number of nitriles is 1. The van der Waals surface area contributed by atoms with Crippen LogP contribution in [-0.4, -0.2) is 39.4 Å². The maximum atomic E-state index is 9.52. The number of aromatic nitrogens is 4. The predicted molar refractivity (Wildman–Crippen MR) is 133 cm³/mol. The van der Waals surface area contributed by atoms with Gasteiger partial charge in [-0.3, -0.25) is 4.98 Å². The van der Waals surface area contributed by atoms with Crippen molar-refractivity contribution in [3.05, 3.63) is 66.1 Å². The van der Waals surface area contributed by atoms with Crippen LogP contribution in [0, 0.1) is 11.3 Å². The van der Waals surface area contributed by atoms with Crippen molar-refractivity contribution < 1.29 is 9.26 Å². The summed E-state index contributed by atoms with van der Waals surface area (Å²) in [5.74, 6) is 0.692. The summed E-state index contributed by atoms with van der Waals surface area (Å²) >= 11 is 0. The standard InChI is InChI=1S/C27H25N7O2/c28-16-27(7-8-27)24-11-19(5-9-30-24)22-14-32-26(29)25(33-22)23-12-21(34-36-23)18-3-1-17(2-4-18)13-31-20-6-10-35-15-20/h1-5,9,11-12,14,20,31H,6-8,10,13,15H2,(H2,29,32)/t20-/m0/s1. The molecule has 2 aliphatic rings. The third-order valence-corrected chi connectivity index (χ3v) is 6.83. The highest BCUT2D eigenvalue weighted by Crippen LogP contribution is 2.47. The van der Waals surface area contributed by atoms with Crippen molar-refractivity contribution in [3.8, 4) is 40.0 Å². The molecule has 2 fully saturated rings. The van der Waals surface area contributed by atoms with Gasteiger partial charge in [0, 0.05) is 42.6 Å². The fourth-order valence-electron chi connectivity index (χ4n) is 4.39. The Kier molecular flexibility index (Phi) is 5.68. The number of ether oxygens (including phenoxy) is 1. The van der Waals surface area contributed by atoms with E-state index in [9.17, 15) is 5.26 Å². The van der Waals surface area contributed by atoms with Gasteiger partial charge in [-0.25, -0.2) is 9.97 Å². The van der Waals surface area contributed by atoms with Gasteiger partial charge in [-0.2, -0.15) is 5.26 Å². The number of nitrogen functional groups attached to an aromatic ring is 1. The average molecular weight is 480 g/mol. The van der Waals surface area contributed by atoms with E-state index in [2.05, 4.69) is 38.6 Å². The van der Waals surface area contributed by atoms with E-state index in [-0.39, 0.29) is 5.82 Å². The number of nitrogens with zero attached hydrogens (tertiary/aromatic N) is 5. The molecule has 0 unspecified atom stereocenters. The highest BCUT2D eigenvalue weighted by Gasteiger charge is 2.46. The minimum atomic E-state index is -0.476. The lowest BCUT2D eigenvalue weighted by molar-refractivity contribution is 0.190. The van der Waals surface area contributed by atoms with E-state index < -0.39 is 5.41 Å². The minimum absolute atomic E-state index is 0.253. The Morgan fingerprint density at radius 1 is 1.08 bits per heavy atom. The third kappa shape index (κ3) is 4.33. The predicted octanol–water partition coefficient (Wildman–Crippen LogP) is 3.88. The number of hydrogen-bond acceptors (Lipinski definition) is 9. The first kappa shape index (κ1) is 22.3. The summed E-state index contributed by atoms with van der Waals surface area (Å²) in [5, 5.41) is 17.3. The lowest BCUT2D eigenvalue weighted by Gasteiger charge is -2.10. The highest BCUT2D eigenvalue weighted by atomic mass is 16.5. The minimum Gasteiger partial charge on any atom is -0.382 e. The summed E-state index contributed by atoms with van der Waals surface area (Å²) in [6.07, 6.45) is 6.02. The van der Waals surface area contributed by atoms with Gasteiger partial charge in [0.25, 0.3) is 0 Å². The quantitative estimate of drug-likeness (QED) is 0.405. The molecule has 6 rings (SSSR count). The molecule has 9 heteroatoms. The van der Waals surface area contributed by atoms with E-state index in [1.54, 1.807) is 12.4 Å². The normalized spacial score (nSPS) is 18.1. The molecule has 4 heterocycles. The van der Waals surface area contributed by atoms with Crippen molar-refractivity contribution in [1.29, 1.82) is 5.26 Å². The molecule has 1 saturated heterocycles. The number of hydrogen-bond donors (Lipinski definition) is 2. The Morgan fingerprint density at radius 3 is 2.69 bits per heavy atom. The number of rotatable bonds is 7. The zero-order chi connectivity index (χ0) is 24.5. The van der Waals surface area contributed by atoms with Gasteiger partial charge in [0.15, 0.2) is 17.3 Å². The van der Waals surface area contributed by atoms with Crippen molar-refractivity contribution in [2.75, 3.05) is 18.9 Å². The van der Waals surface area contributed by atoms with Crippen LogP contribution in [0.4, 0.5) is 5.82 Å². The van der Waals surface area contributed by atoms with E-state index in [0.29, 0.717) is 28.9 Å². The largest absolute Gasteiger partial charge is 0.382 e. The first-order valence-corrected chi connectivity index (χ1v) is 12.0. The van der Waals surface area contributed by atoms with Crippen molar-refractivity contribution in [2.45, 2.75) is 37.3 Å². The number of pyridine rings is 1. The molecular weight excluding hydrogens is 454 g/mol. The van der Waals surface area contributed by atoms with Gasteiger partial charge in [-0.1, -0.05) is 29.4 Å². The Balaban J connectivity index is 1.22. The van der Waals surface area contributed by atoms with E-state index >= 15 is 0 Å². The molecule has 36 heavy (non-hydrogen) atoms. The van der Waals surface area contributed by atoms with Crippen LogP contribution in [0.15, 0.2) is 59.4 Å². The van der Waals surface area contributed by atoms with E-state index in [0.717, 1.165) is 55.8 Å². The fraction of sp³-hybridized carbons (Fsp3) is 0.296. The zero-order valence-corrected chi connectivity index (χ0v) is 19.6. The summed E-state index contributed by atoms with van der Waals surface area (Å²) in [4.78, 5) is 13.5. The van der Waals surface area contributed by atoms with Gasteiger partial charge in [0.1, 0.15) is 5.69 Å². The van der Waals surface area contributed by atoms with Gasteiger partial charge >= 0.3 is 0 Å². The molecule has 3 N–H and O–H groups in total. The van der Waals surface area contributed by atoms with Gasteiger partial charge in [-0.05, 0) is 37.0 Å². The van der Waals surface area contributed by atoms with Crippen LogP contribution in [0.5, 0.6) is 0 Å². The molecule has 180 valence electrons. The second-order valence-corrected chi connectivity index (χ2v) is 9.33. The molecule has 4 aromatic rings. The van der Waals surface area contributed by atoms with Crippen molar-refractivity contribution in [1.82, 2.24) is 25.4 Å². The first-order chi connectivity index (χ1) is 17.6. The summed E-state index contributed by atoms with van der Waals surface area (Å²) in [6.45, 7) is 2.40. The highest BCUT2D eigenvalue weighted by molar-refractivity contribution is 5.73. The van der Waals surface area contributed by atoms with Crippen LogP contribution >= 0.6 is 0 Å². The molecule has 1 atom stereocenters. The van der Waals surface area contributed by atoms with Crippen LogP contribution in [0.3, 0.4) is 0 Å². The van der Waals surface area contributed by atoms with Gasteiger partial charge < -0.3 is 20.3 Å². The molecule has 9 nitrogen and oxygen atoms in total. The SMILES string of the molecule is N#CC1(c2cc(-c3cnc(N)c(-c4cc(-c5ccc(CN[C@H]6CCOC6)cc5)no4)n3)ccn2)CC1. The molecule has 0 spiro atoms. The summed E-state index contributed by atoms with van der Waals surface area (Å²) in [6, 6.07) is 16.6. The van der Waals surface area contributed by atoms with E-state index in [1.807, 2.05) is 30.3 Å². The number of nitrogens with two attached hydrogens (primary N) is 1. The smallest absolute Gasteiger partial charge is 0.189 e. The average Bonchev–Trinajstić information content (AvgIpc) is 3.28. The van der Waals surface area contributed by atoms with Gasteiger partial charge in [-0.15, -0.1) is 0 Å². The number of benzene rings is 1. The molecule has 1 saturated carbocycles. The Bertz CT molecular complexity index is 1430. The van der Waals surface area contributed by atoms with E-state index in [1.165, 1.54) is 5.56 Å². The van der Waals surface area contributed by atoms with Crippen LogP contribution in [0.25, 0.3) is 34.0 Å². The fourth-order valence-corrected chi connectivity index (χ4v) is 4.39. The maximum absolute atomic E-state index is 9.52. The van der Waals surface area contributed by atoms with Gasteiger partial charge in [0.05, 0.1) is 35.7 Å². The number of nitrogens with one attached hydrogen (secondary N) is 1.